The predicted octanol–water partition coefficient (Wildman–Crippen LogP) is 30.4. The van der Waals surface area contributed by atoms with Gasteiger partial charge in [0, 0.05) is 111 Å². The molecule has 25 rings (SSSR count). The van der Waals surface area contributed by atoms with E-state index >= 15 is 0 Å². The van der Waals surface area contributed by atoms with Crippen molar-refractivity contribution in [3.05, 3.63) is 404 Å². The molecule has 0 radical (unpaired) electrons. The first-order valence-electron chi connectivity index (χ1n) is 54.4. The topological polar surface area (TPSA) is 26.2 Å². The largest absolute Gasteiger partial charge is 0.310 e. The van der Waals surface area contributed by atoms with Crippen molar-refractivity contribution in [1.82, 2.24) is 18.3 Å². The molecule has 0 fully saturated rings. The monoisotopic (exact) mass is 1650 g/mol. The van der Waals surface area contributed by atoms with Crippen LogP contribution in [0.2, 0.25) is 0 Å². The van der Waals surface area contributed by atoms with Crippen molar-refractivity contribution in [3.8, 4) is 89.5 Å². The highest BCUT2D eigenvalue weighted by atomic mass is 15.2. The lowest BCUT2D eigenvalue weighted by molar-refractivity contribution is 0.590. The molecule has 0 atom stereocenters. The SMILES string of the molecule is [2H]c1c([2H])c([2H])c2c(c1[2H])c1c([2H])c([2H])c([2H])c([2H])c1n2-c1ccc2c(c1)N1c3cc(C(C)(C)C)cc4c3B2c2ccc(-n3c5c([2H])c([2H])c([2H])c([2H])c5c5c([2H])c(-n6c7c([2H])c([2H])c([2H])c([2H])c7c7c([2H])c([2H])c([2H])c([2H])c76)c([2H])c([2H])c53)cc2N4c2c(-c3ccccc3)cc(C(C)(C)C)cc2-c2cccc(c2)-c2ccc3c(c2)c2cc(ccc2n3-c2ccccc2)-c2cccc(c2)-c2cc(C(C)(C)C)cc(-c3ccccc3)c21. The Morgan fingerprint density at radius 3 is 0.969 bits per heavy atom. The molecule has 0 spiro atoms. The van der Waals surface area contributed by atoms with E-state index in [1.165, 1.54) is 4.57 Å². The van der Waals surface area contributed by atoms with Gasteiger partial charge in [0.25, 0.3) is 6.71 Å². The third-order valence-electron chi connectivity index (χ3n) is 26.2. The van der Waals surface area contributed by atoms with Crippen molar-refractivity contribution in [2.45, 2.75) is 78.6 Å². The highest BCUT2D eigenvalue weighted by molar-refractivity contribution is 7.00. The number of hydrogen-bond donors (Lipinski definition) is 0. The zero-order valence-corrected chi connectivity index (χ0v) is 70.9. The van der Waals surface area contributed by atoms with Gasteiger partial charge in [-0.25, -0.2) is 0 Å². The van der Waals surface area contributed by atoms with Crippen LogP contribution in [0.1, 0.15) is 111 Å². The summed E-state index contributed by atoms with van der Waals surface area (Å²) in [7, 11) is 0. The van der Waals surface area contributed by atoms with E-state index < -0.39 is 179 Å². The number of hydrogen-bond acceptors (Lipinski definition) is 2. The van der Waals surface area contributed by atoms with Gasteiger partial charge in [0.1, 0.15) is 0 Å². The molecule has 13 bridgehead atoms. The Morgan fingerprint density at radius 2 is 0.559 bits per heavy atom. The van der Waals surface area contributed by atoms with E-state index in [0.717, 1.165) is 121 Å². The first-order valence-corrected chi connectivity index (χ1v) is 42.9. The Morgan fingerprint density at radius 1 is 0.228 bits per heavy atom. The molecule has 3 aliphatic rings. The molecule has 0 unspecified atom stereocenters. The summed E-state index contributed by atoms with van der Waals surface area (Å²) in [5.41, 5.74) is 17.8. The third-order valence-corrected chi connectivity index (χ3v) is 26.2. The van der Waals surface area contributed by atoms with Gasteiger partial charge in [0.05, 0.1) is 87.0 Å². The second kappa shape index (κ2) is 27.7. The average Bonchev–Trinajstić information content (AvgIpc) is 1.16. The molecule has 22 aromatic rings. The maximum atomic E-state index is 10.9. The Balaban J connectivity index is 0.893. The molecule has 0 saturated carbocycles. The highest BCUT2D eigenvalue weighted by Gasteiger charge is 2.47. The van der Waals surface area contributed by atoms with Gasteiger partial charge < -0.3 is 28.1 Å². The van der Waals surface area contributed by atoms with Crippen molar-refractivity contribution in [2.24, 2.45) is 0 Å². The zero-order chi connectivity index (χ0) is 105. The van der Waals surface area contributed by atoms with Gasteiger partial charge in [-0.05, 0) is 251 Å². The van der Waals surface area contributed by atoms with Crippen molar-refractivity contribution < 1.29 is 31.5 Å². The summed E-state index contributed by atoms with van der Waals surface area (Å²) in [6.07, 6.45) is 0. The maximum absolute atomic E-state index is 10.9. The van der Waals surface area contributed by atoms with Crippen LogP contribution in [0.4, 0.5) is 34.1 Å². The number of fused-ring (bicyclic) bond motifs is 29. The molecule has 127 heavy (non-hydrogen) atoms. The standard InChI is InChI=1S/C120H91BN6/c1-118(2,3)82-65-94(74-31-13-10-14-32-74)116-96(67-82)80-37-29-35-76(61-80)78-51-58-108-98(63-78)99-64-79(52-59-109(99)122(108)85-39-17-12-18-40-85)77-36-30-38-81(62-77)97-68-83(119(4,5)6)66-95(75-33-15-11-16-34-75)117(97)127-112-73-88(125-107-50-28-23-45-93(107)100-71-86(55-60-110(100)125)123-103-46-24-19-41-89(103)90-42-20-25-47-104(90)123)54-57-102(112)121-101-56-53-87(124-105-48-26-21-43-91(105)92-44-22-27-49-106(92)124)72-111(101)126(116)113-69-84(120(7,8)9)70-114(127)115(113)121/h10-73H,1-9H3/i19D,20D,21D,22D,23D,24D,25D,26D,27D,28D,41D,42D,43D,44D,45D,46D,47D,48D,49D,50D,55D,60D,71D. The molecule has 6 nitrogen and oxygen atoms in total. The first kappa shape index (κ1) is 54.4. The van der Waals surface area contributed by atoms with E-state index in [4.69, 9.17) is 5.48 Å². The molecule has 7 heteroatoms. The Bertz CT molecular complexity index is 9530. The number of aromatic nitrogens is 4. The predicted molar refractivity (Wildman–Crippen MR) is 540 cm³/mol. The van der Waals surface area contributed by atoms with Crippen LogP contribution in [0.5, 0.6) is 0 Å². The van der Waals surface area contributed by atoms with E-state index in [1.54, 1.807) is 10.6 Å². The molecule has 0 N–H and O–H groups in total. The lowest BCUT2D eigenvalue weighted by Gasteiger charge is -2.47. The molecule has 0 saturated heterocycles. The smallest absolute Gasteiger partial charge is 0.252 e. The minimum absolute atomic E-state index is 0.104. The van der Waals surface area contributed by atoms with Gasteiger partial charge in [-0.1, -0.05) is 292 Å². The van der Waals surface area contributed by atoms with Crippen LogP contribution < -0.4 is 26.2 Å². The fraction of sp³-hybridized carbons (Fsp3) is 0.100. The Labute approximate surface area is 772 Å². The molecule has 4 aromatic heterocycles. The quantitative estimate of drug-likeness (QED) is 0.155. The van der Waals surface area contributed by atoms with Crippen LogP contribution >= 0.6 is 0 Å². The number of nitrogens with zero attached hydrogens (tertiary/aromatic N) is 6. The van der Waals surface area contributed by atoms with E-state index in [9.17, 15) is 26.0 Å². The lowest BCUT2D eigenvalue weighted by atomic mass is 9.33. The van der Waals surface area contributed by atoms with Gasteiger partial charge in [-0.15, -0.1) is 0 Å². The van der Waals surface area contributed by atoms with Crippen molar-refractivity contribution in [3.63, 3.8) is 0 Å². The normalized spacial score (nSPS) is 15.6. The van der Waals surface area contributed by atoms with Gasteiger partial charge in [-0.3, -0.25) is 0 Å². The molecule has 3 aliphatic heterocycles. The summed E-state index contributed by atoms with van der Waals surface area (Å²) in [5, 5.41) is 0.425. The molecule has 604 valence electrons. The van der Waals surface area contributed by atoms with Crippen molar-refractivity contribution in [1.29, 1.82) is 0 Å². The molecule has 18 aromatic carbocycles. The molecule has 7 heterocycles. The second-order valence-electron chi connectivity index (χ2n) is 36.7. The summed E-state index contributed by atoms with van der Waals surface area (Å²) >= 11 is 0. The molecular formula is C120H91BN6. The average molecular weight is 1650 g/mol. The van der Waals surface area contributed by atoms with Gasteiger partial charge in [0.2, 0.25) is 0 Å². The van der Waals surface area contributed by atoms with Gasteiger partial charge >= 0.3 is 0 Å². The Hall–Kier alpha value is -15.2. The van der Waals surface area contributed by atoms with Crippen LogP contribution in [0.15, 0.2) is 388 Å². The van der Waals surface area contributed by atoms with Crippen LogP contribution in [-0.2, 0) is 16.2 Å². The summed E-state index contributed by atoms with van der Waals surface area (Å²) in [4.78, 5) is 4.65. The summed E-state index contributed by atoms with van der Waals surface area (Å²) in [6, 6.07) is 71.3. The zero-order valence-electron chi connectivity index (χ0n) is 93.9. The van der Waals surface area contributed by atoms with E-state index in [0.29, 0.717) is 45.0 Å². The fourth-order valence-corrected chi connectivity index (χ4v) is 20.1. The first-order chi connectivity index (χ1) is 71.5. The van der Waals surface area contributed by atoms with Gasteiger partial charge in [-0.2, -0.15) is 0 Å². The molecule has 0 aliphatic carbocycles. The summed E-state index contributed by atoms with van der Waals surface area (Å²) in [6.45, 7) is 18.7. The number of para-hydroxylation sites is 6. The number of anilines is 6. The van der Waals surface area contributed by atoms with Crippen LogP contribution in [0.3, 0.4) is 0 Å². The van der Waals surface area contributed by atoms with Gasteiger partial charge in [0.15, 0.2) is 0 Å². The minimum atomic E-state index is -0.926. The molecule has 0 amide bonds. The Kier molecular flexibility index (Phi) is 11.9. The summed E-state index contributed by atoms with van der Waals surface area (Å²) in [5.74, 6) is 0. The fourth-order valence-electron chi connectivity index (χ4n) is 20.1. The van der Waals surface area contributed by atoms with Crippen molar-refractivity contribution >= 4 is 144 Å². The highest BCUT2D eigenvalue weighted by Crippen LogP contribution is 2.57. The third kappa shape index (κ3) is 11.4. The van der Waals surface area contributed by atoms with E-state index in [1.807, 2.05) is 84.9 Å². The van der Waals surface area contributed by atoms with Crippen LogP contribution in [0, 0.1) is 0 Å². The summed E-state index contributed by atoms with van der Waals surface area (Å²) < 4.78 is 231. The number of rotatable bonds is 6. The van der Waals surface area contributed by atoms with E-state index in [-0.39, 0.29) is 65.8 Å². The number of benzene rings is 18. The van der Waals surface area contributed by atoms with Crippen LogP contribution in [-0.4, -0.2) is 25.0 Å². The molecular weight excluding hydrogens is 1540 g/mol. The van der Waals surface area contributed by atoms with Crippen molar-refractivity contribution in [2.75, 3.05) is 9.80 Å². The lowest BCUT2D eigenvalue weighted by Crippen LogP contribution is -2.61. The van der Waals surface area contributed by atoms with Crippen LogP contribution in [0.25, 0.3) is 177 Å². The second-order valence-corrected chi connectivity index (χ2v) is 36.7. The van der Waals surface area contributed by atoms with E-state index in [2.05, 4.69) is 234 Å². The minimum Gasteiger partial charge on any atom is -0.310 e. The maximum Gasteiger partial charge on any atom is 0.252 e.